The zero-order valence-corrected chi connectivity index (χ0v) is 15.3. The van der Waals surface area contributed by atoms with E-state index in [2.05, 4.69) is 10.6 Å². The number of carbonyl (C=O) groups excluding carboxylic acids is 1. The molecule has 0 radical (unpaired) electrons. The maximum Gasteiger partial charge on any atom is 0.221 e. The van der Waals surface area contributed by atoms with Crippen LogP contribution in [0.5, 0.6) is 0 Å². The van der Waals surface area contributed by atoms with Crippen LogP contribution in [0, 0.1) is 0 Å². The van der Waals surface area contributed by atoms with E-state index in [1.807, 2.05) is 6.07 Å². The van der Waals surface area contributed by atoms with Gasteiger partial charge in [0.2, 0.25) is 5.91 Å². The second kappa shape index (κ2) is 6.72. The minimum absolute atomic E-state index is 0.0404. The lowest BCUT2D eigenvalue weighted by molar-refractivity contribution is -0.121. The molecule has 136 valence electrons. The highest BCUT2D eigenvalue weighted by Crippen LogP contribution is 2.27. The van der Waals surface area contributed by atoms with Crippen molar-refractivity contribution < 1.29 is 13.2 Å². The Morgan fingerprint density at radius 1 is 1.12 bits per heavy atom. The molecule has 4 rings (SSSR count). The van der Waals surface area contributed by atoms with Crippen LogP contribution in [0.15, 0.2) is 23.1 Å². The molecule has 3 aliphatic rings. The summed E-state index contributed by atoms with van der Waals surface area (Å²) >= 11 is 0. The molecule has 0 aromatic heterocycles. The average Bonchev–Trinajstić information content (AvgIpc) is 3.18. The Labute approximate surface area is 149 Å². The number of carbonyl (C=O) groups is 1. The summed E-state index contributed by atoms with van der Waals surface area (Å²) in [6.07, 6.45) is 7.42. The van der Waals surface area contributed by atoms with Gasteiger partial charge in [-0.15, -0.1) is 0 Å². The minimum Gasteiger partial charge on any atom is -0.353 e. The van der Waals surface area contributed by atoms with Gasteiger partial charge in [-0.2, -0.15) is 0 Å². The van der Waals surface area contributed by atoms with Crippen LogP contribution < -0.4 is 10.6 Å². The van der Waals surface area contributed by atoms with Gasteiger partial charge in [0.25, 0.3) is 0 Å². The molecule has 2 unspecified atom stereocenters. The molecule has 2 bridgehead atoms. The molecule has 1 aromatic carbocycles. The van der Waals surface area contributed by atoms with Crippen LogP contribution in [0.25, 0.3) is 0 Å². The molecule has 2 fully saturated rings. The lowest BCUT2D eigenvalue weighted by Crippen LogP contribution is -2.48. The van der Waals surface area contributed by atoms with E-state index in [0.717, 1.165) is 37.7 Å². The molecule has 6 heteroatoms. The van der Waals surface area contributed by atoms with Crippen molar-refractivity contribution in [2.75, 3.05) is 5.75 Å². The largest absolute Gasteiger partial charge is 0.353 e. The van der Waals surface area contributed by atoms with Gasteiger partial charge in [-0.05, 0) is 68.2 Å². The van der Waals surface area contributed by atoms with Crippen molar-refractivity contribution in [3.05, 3.63) is 29.3 Å². The van der Waals surface area contributed by atoms with Crippen molar-refractivity contribution in [1.82, 2.24) is 10.6 Å². The molecule has 2 aliphatic heterocycles. The SMILES string of the molecule is O=C(CCS(=O)(=O)c1ccc2c(c1)CCC2)NC1CC2CCC(C1)N2. The van der Waals surface area contributed by atoms with Gasteiger partial charge in [0, 0.05) is 24.5 Å². The Balaban J connectivity index is 1.33. The second-order valence-corrected chi connectivity index (χ2v) is 9.84. The van der Waals surface area contributed by atoms with Crippen molar-refractivity contribution in [3.8, 4) is 0 Å². The number of hydrogen-bond donors (Lipinski definition) is 2. The highest BCUT2D eigenvalue weighted by atomic mass is 32.2. The predicted molar refractivity (Wildman–Crippen MR) is 96.2 cm³/mol. The number of sulfone groups is 1. The fraction of sp³-hybridized carbons (Fsp3) is 0.632. The summed E-state index contributed by atoms with van der Waals surface area (Å²) in [5.74, 6) is -0.258. The number of aryl methyl sites for hydroxylation is 2. The molecule has 2 atom stereocenters. The van der Waals surface area contributed by atoms with Gasteiger partial charge < -0.3 is 10.6 Å². The molecule has 5 nitrogen and oxygen atoms in total. The van der Waals surface area contributed by atoms with Gasteiger partial charge in [-0.1, -0.05) is 6.07 Å². The summed E-state index contributed by atoms with van der Waals surface area (Å²) in [5.41, 5.74) is 2.41. The van der Waals surface area contributed by atoms with Gasteiger partial charge in [-0.3, -0.25) is 4.79 Å². The first-order chi connectivity index (χ1) is 12.0. The molecule has 1 aromatic rings. The third-order valence-electron chi connectivity index (χ3n) is 5.87. The fourth-order valence-corrected chi connectivity index (χ4v) is 5.85. The Morgan fingerprint density at radius 2 is 1.84 bits per heavy atom. The van der Waals surface area contributed by atoms with Crippen LogP contribution >= 0.6 is 0 Å². The molecule has 0 saturated carbocycles. The van der Waals surface area contributed by atoms with Crippen LogP contribution in [0.4, 0.5) is 0 Å². The van der Waals surface area contributed by atoms with Gasteiger partial charge in [-0.25, -0.2) is 8.42 Å². The van der Waals surface area contributed by atoms with Crippen molar-refractivity contribution >= 4 is 15.7 Å². The van der Waals surface area contributed by atoms with E-state index in [0.29, 0.717) is 17.0 Å². The van der Waals surface area contributed by atoms with Gasteiger partial charge in [0.15, 0.2) is 9.84 Å². The van der Waals surface area contributed by atoms with Crippen LogP contribution in [-0.4, -0.2) is 38.2 Å². The van der Waals surface area contributed by atoms with Crippen LogP contribution in [-0.2, 0) is 27.5 Å². The first kappa shape index (κ1) is 17.0. The van der Waals surface area contributed by atoms with E-state index in [1.54, 1.807) is 12.1 Å². The molecule has 2 saturated heterocycles. The Bertz CT molecular complexity index is 763. The first-order valence-electron chi connectivity index (χ1n) is 9.39. The molecule has 1 amide bonds. The number of fused-ring (bicyclic) bond motifs is 3. The molecule has 2 N–H and O–H groups in total. The maximum atomic E-state index is 12.6. The molecule has 25 heavy (non-hydrogen) atoms. The summed E-state index contributed by atoms with van der Waals surface area (Å²) < 4.78 is 25.1. The van der Waals surface area contributed by atoms with E-state index in [1.165, 1.54) is 18.4 Å². The molecular formula is C19H26N2O3S. The van der Waals surface area contributed by atoms with E-state index in [9.17, 15) is 13.2 Å². The Hall–Kier alpha value is -1.40. The van der Waals surface area contributed by atoms with Crippen molar-refractivity contribution in [1.29, 1.82) is 0 Å². The smallest absolute Gasteiger partial charge is 0.221 e. The van der Waals surface area contributed by atoms with Gasteiger partial charge in [0.1, 0.15) is 0 Å². The lowest BCUT2D eigenvalue weighted by Gasteiger charge is -2.29. The second-order valence-electron chi connectivity index (χ2n) is 7.73. The molecule has 2 heterocycles. The van der Waals surface area contributed by atoms with E-state index >= 15 is 0 Å². The number of amides is 1. The quantitative estimate of drug-likeness (QED) is 0.837. The van der Waals surface area contributed by atoms with E-state index in [-0.39, 0.29) is 24.1 Å². The number of piperidine rings is 1. The zero-order chi connectivity index (χ0) is 17.4. The summed E-state index contributed by atoms with van der Waals surface area (Å²) in [6, 6.07) is 6.65. The summed E-state index contributed by atoms with van der Waals surface area (Å²) in [6.45, 7) is 0. The predicted octanol–water partition coefficient (Wildman–Crippen LogP) is 1.74. The number of benzene rings is 1. The topological polar surface area (TPSA) is 75.3 Å². The number of nitrogens with one attached hydrogen (secondary N) is 2. The highest BCUT2D eigenvalue weighted by molar-refractivity contribution is 7.91. The minimum atomic E-state index is -3.40. The van der Waals surface area contributed by atoms with Crippen LogP contribution in [0.3, 0.4) is 0 Å². The van der Waals surface area contributed by atoms with Gasteiger partial charge >= 0.3 is 0 Å². The summed E-state index contributed by atoms with van der Waals surface area (Å²) in [4.78, 5) is 12.6. The normalized spacial score (nSPS) is 27.9. The molecular weight excluding hydrogens is 336 g/mol. The third kappa shape index (κ3) is 3.75. The summed E-state index contributed by atoms with van der Waals surface area (Å²) in [5, 5.41) is 6.59. The maximum absolute atomic E-state index is 12.6. The van der Waals surface area contributed by atoms with Crippen molar-refractivity contribution in [2.24, 2.45) is 0 Å². The Morgan fingerprint density at radius 3 is 2.60 bits per heavy atom. The van der Waals surface area contributed by atoms with Crippen molar-refractivity contribution in [2.45, 2.75) is 74.4 Å². The van der Waals surface area contributed by atoms with Crippen LogP contribution in [0.2, 0.25) is 0 Å². The van der Waals surface area contributed by atoms with E-state index in [4.69, 9.17) is 0 Å². The van der Waals surface area contributed by atoms with E-state index < -0.39 is 9.84 Å². The third-order valence-corrected chi connectivity index (χ3v) is 7.58. The van der Waals surface area contributed by atoms with Crippen molar-refractivity contribution in [3.63, 3.8) is 0 Å². The lowest BCUT2D eigenvalue weighted by atomic mass is 10.00. The fourth-order valence-electron chi connectivity index (χ4n) is 4.56. The first-order valence-corrected chi connectivity index (χ1v) is 11.0. The standard InChI is InChI=1S/C19H26N2O3S/c22-19(21-17-11-15-5-6-16(12-17)20-15)8-9-25(23,24)18-7-4-13-2-1-3-14(13)10-18/h4,7,10,15-17,20H,1-3,5-6,8-9,11-12H2,(H,21,22). The zero-order valence-electron chi connectivity index (χ0n) is 14.5. The highest BCUT2D eigenvalue weighted by Gasteiger charge is 2.34. The number of hydrogen-bond acceptors (Lipinski definition) is 4. The monoisotopic (exact) mass is 362 g/mol. The Kier molecular flexibility index (Phi) is 4.58. The van der Waals surface area contributed by atoms with Crippen LogP contribution in [0.1, 0.15) is 49.7 Å². The molecule has 0 spiro atoms. The average molecular weight is 362 g/mol. The number of rotatable bonds is 5. The molecule has 1 aliphatic carbocycles. The summed E-state index contributed by atoms with van der Waals surface area (Å²) in [7, 11) is -3.40. The van der Waals surface area contributed by atoms with Gasteiger partial charge in [0.05, 0.1) is 10.6 Å².